The number of aliphatic hydroxyl groups is 1. The van der Waals surface area contributed by atoms with Crippen LogP contribution < -0.4 is 0 Å². The standard InChI is InChI=1S/C11H23NO2Si/c1-8(13)9-7-10(14)12(9)15(5,6)11(2,3)4/h8-9,13H,7H2,1-6H3/t8-,9?/m1/s1. The predicted molar refractivity (Wildman–Crippen MR) is 64.1 cm³/mol. The molecule has 1 aliphatic rings. The van der Waals surface area contributed by atoms with Crippen LogP contribution in [0, 0.1) is 0 Å². The number of aliphatic hydroxyl groups excluding tert-OH is 1. The Morgan fingerprint density at radius 2 is 1.93 bits per heavy atom. The van der Waals surface area contributed by atoms with Gasteiger partial charge in [-0.2, -0.15) is 0 Å². The van der Waals surface area contributed by atoms with E-state index in [4.69, 9.17) is 0 Å². The van der Waals surface area contributed by atoms with Crippen LogP contribution in [0.1, 0.15) is 34.1 Å². The van der Waals surface area contributed by atoms with Gasteiger partial charge in [0.1, 0.15) is 0 Å². The fourth-order valence-electron chi connectivity index (χ4n) is 1.92. The second-order valence-corrected chi connectivity index (χ2v) is 11.2. The Balaban J connectivity index is 2.91. The van der Waals surface area contributed by atoms with E-state index in [9.17, 15) is 9.90 Å². The molecule has 1 fully saturated rings. The second kappa shape index (κ2) is 3.59. The van der Waals surface area contributed by atoms with Gasteiger partial charge < -0.3 is 9.67 Å². The summed E-state index contributed by atoms with van der Waals surface area (Å²) in [5.74, 6) is 0.215. The van der Waals surface area contributed by atoms with Crippen molar-refractivity contribution in [2.45, 2.75) is 64.4 Å². The quantitative estimate of drug-likeness (QED) is 0.581. The van der Waals surface area contributed by atoms with Gasteiger partial charge in [-0.15, -0.1) is 0 Å². The van der Waals surface area contributed by atoms with Gasteiger partial charge in [0.2, 0.25) is 5.91 Å². The molecule has 0 saturated carbocycles. The monoisotopic (exact) mass is 229 g/mol. The van der Waals surface area contributed by atoms with Crippen molar-refractivity contribution in [3.05, 3.63) is 0 Å². The van der Waals surface area contributed by atoms with Gasteiger partial charge in [0.05, 0.1) is 12.1 Å². The number of hydrogen-bond acceptors (Lipinski definition) is 2. The summed E-state index contributed by atoms with van der Waals surface area (Å²) in [6.07, 6.45) is 0.112. The smallest absolute Gasteiger partial charge is 0.217 e. The molecule has 0 aromatic heterocycles. The Bertz CT molecular complexity index is 268. The number of hydrogen-bond donors (Lipinski definition) is 1. The van der Waals surface area contributed by atoms with Gasteiger partial charge >= 0.3 is 0 Å². The van der Waals surface area contributed by atoms with E-state index < -0.39 is 14.3 Å². The van der Waals surface area contributed by atoms with Crippen molar-refractivity contribution in [1.29, 1.82) is 0 Å². The molecule has 1 rings (SSSR count). The lowest BCUT2D eigenvalue weighted by Gasteiger charge is -2.55. The van der Waals surface area contributed by atoms with Crippen molar-refractivity contribution in [2.24, 2.45) is 0 Å². The first kappa shape index (κ1) is 12.7. The van der Waals surface area contributed by atoms with Crippen LogP contribution >= 0.6 is 0 Å². The summed E-state index contributed by atoms with van der Waals surface area (Å²) in [7, 11) is -1.79. The van der Waals surface area contributed by atoms with E-state index in [0.29, 0.717) is 6.42 Å². The van der Waals surface area contributed by atoms with Crippen molar-refractivity contribution in [2.75, 3.05) is 0 Å². The van der Waals surface area contributed by atoms with Crippen LogP contribution in [-0.4, -0.2) is 36.0 Å². The SMILES string of the molecule is C[C@@H](O)C1CC(=O)N1[Si](C)(C)C(C)(C)C. The molecule has 1 aliphatic heterocycles. The molecule has 1 N–H and O–H groups in total. The highest BCUT2D eigenvalue weighted by atomic mass is 28.3. The lowest BCUT2D eigenvalue weighted by molar-refractivity contribution is -0.143. The number of amides is 1. The normalized spacial score (nSPS) is 25.1. The molecule has 0 aliphatic carbocycles. The molecule has 0 bridgehead atoms. The Morgan fingerprint density at radius 3 is 2.20 bits per heavy atom. The van der Waals surface area contributed by atoms with Gasteiger partial charge in [0, 0.05) is 6.42 Å². The van der Waals surface area contributed by atoms with Gasteiger partial charge in [-0.3, -0.25) is 4.79 Å². The van der Waals surface area contributed by atoms with Gasteiger partial charge in [-0.05, 0) is 12.0 Å². The predicted octanol–water partition coefficient (Wildman–Crippen LogP) is 1.97. The van der Waals surface area contributed by atoms with Crippen molar-refractivity contribution in [1.82, 2.24) is 4.57 Å². The van der Waals surface area contributed by atoms with Crippen LogP contribution in [0.15, 0.2) is 0 Å². The van der Waals surface area contributed by atoms with E-state index in [1.165, 1.54) is 0 Å². The van der Waals surface area contributed by atoms with E-state index in [-0.39, 0.29) is 17.0 Å². The average molecular weight is 229 g/mol. The van der Waals surface area contributed by atoms with Gasteiger partial charge in [0.15, 0.2) is 8.24 Å². The zero-order chi connectivity index (χ0) is 12.0. The molecule has 0 aromatic rings. The summed E-state index contributed by atoms with van der Waals surface area (Å²) in [5, 5.41) is 9.77. The first-order valence-electron chi connectivity index (χ1n) is 5.59. The number of rotatable bonds is 2. The number of carbonyl (C=O) groups is 1. The minimum Gasteiger partial charge on any atom is -0.391 e. The third-order valence-electron chi connectivity index (χ3n) is 3.98. The Labute approximate surface area is 93.6 Å². The molecular formula is C11H23NO2Si. The molecule has 1 unspecified atom stereocenters. The third kappa shape index (κ3) is 1.97. The largest absolute Gasteiger partial charge is 0.391 e. The molecule has 1 amide bonds. The van der Waals surface area contributed by atoms with Crippen molar-refractivity contribution in [3.63, 3.8) is 0 Å². The minimum absolute atomic E-state index is 0.0541. The molecule has 4 heteroatoms. The first-order chi connectivity index (χ1) is 6.59. The summed E-state index contributed by atoms with van der Waals surface area (Å²) in [5.41, 5.74) is 0. The van der Waals surface area contributed by atoms with E-state index in [2.05, 4.69) is 33.9 Å². The van der Waals surface area contributed by atoms with Crippen LogP contribution in [0.4, 0.5) is 0 Å². The summed E-state index contributed by atoms with van der Waals surface area (Å²) < 4.78 is 1.98. The molecular weight excluding hydrogens is 206 g/mol. The van der Waals surface area contributed by atoms with Crippen LogP contribution in [0.25, 0.3) is 0 Å². The zero-order valence-corrected chi connectivity index (χ0v) is 11.7. The zero-order valence-electron chi connectivity index (χ0n) is 10.7. The molecule has 2 atom stereocenters. The van der Waals surface area contributed by atoms with Gasteiger partial charge in [-0.25, -0.2) is 0 Å². The van der Waals surface area contributed by atoms with E-state index in [1.807, 2.05) is 4.57 Å². The number of nitrogens with zero attached hydrogens (tertiary/aromatic N) is 1. The topological polar surface area (TPSA) is 40.5 Å². The van der Waals surface area contributed by atoms with E-state index in [0.717, 1.165) is 0 Å². The van der Waals surface area contributed by atoms with Crippen LogP contribution in [0.2, 0.25) is 18.1 Å². The van der Waals surface area contributed by atoms with Crippen molar-refractivity contribution >= 4 is 14.1 Å². The summed E-state index contributed by atoms with van der Waals surface area (Å²) >= 11 is 0. The Morgan fingerprint density at radius 1 is 1.47 bits per heavy atom. The highest BCUT2D eigenvalue weighted by Crippen LogP contribution is 2.43. The molecule has 1 saturated heterocycles. The first-order valence-corrected chi connectivity index (χ1v) is 8.54. The van der Waals surface area contributed by atoms with Gasteiger partial charge in [0.25, 0.3) is 0 Å². The fraction of sp³-hybridized carbons (Fsp3) is 0.909. The highest BCUT2D eigenvalue weighted by molar-refractivity contribution is 6.80. The Kier molecular flexibility index (Phi) is 3.05. The molecule has 88 valence electrons. The van der Waals surface area contributed by atoms with Crippen molar-refractivity contribution < 1.29 is 9.90 Å². The Hall–Kier alpha value is -0.353. The summed E-state index contributed by atoms with van der Waals surface area (Å²) in [6, 6.07) is 0.0541. The molecule has 3 nitrogen and oxygen atoms in total. The number of carbonyl (C=O) groups excluding carboxylic acids is 1. The number of β-lactam (4-membered cyclic amide) rings is 1. The maximum atomic E-state index is 11.7. The summed E-state index contributed by atoms with van der Waals surface area (Å²) in [4.78, 5) is 11.7. The average Bonchev–Trinajstić information content (AvgIpc) is 1.95. The maximum Gasteiger partial charge on any atom is 0.217 e. The molecule has 0 radical (unpaired) electrons. The maximum absolute atomic E-state index is 11.7. The molecule has 0 spiro atoms. The summed E-state index contributed by atoms with van der Waals surface area (Å²) in [6.45, 7) is 12.7. The minimum atomic E-state index is -1.79. The highest BCUT2D eigenvalue weighted by Gasteiger charge is 2.52. The second-order valence-electron chi connectivity index (χ2n) is 6.08. The molecule has 0 aromatic carbocycles. The fourth-order valence-corrected chi connectivity index (χ4v) is 4.49. The van der Waals surface area contributed by atoms with Gasteiger partial charge in [-0.1, -0.05) is 33.9 Å². The van der Waals surface area contributed by atoms with Crippen LogP contribution in [0.5, 0.6) is 0 Å². The van der Waals surface area contributed by atoms with Crippen LogP contribution in [-0.2, 0) is 4.79 Å². The van der Waals surface area contributed by atoms with E-state index >= 15 is 0 Å². The van der Waals surface area contributed by atoms with Crippen molar-refractivity contribution in [3.8, 4) is 0 Å². The van der Waals surface area contributed by atoms with Crippen LogP contribution in [0.3, 0.4) is 0 Å². The lowest BCUT2D eigenvalue weighted by atomic mass is 10.0. The lowest BCUT2D eigenvalue weighted by Crippen LogP contribution is -2.70. The molecule has 1 heterocycles. The third-order valence-corrected chi connectivity index (χ3v) is 9.43. The molecule has 15 heavy (non-hydrogen) atoms. The van der Waals surface area contributed by atoms with E-state index in [1.54, 1.807) is 6.92 Å².